The lowest BCUT2D eigenvalue weighted by Gasteiger charge is -2.19. The Kier molecular flexibility index (Phi) is 6.07. The number of nitrogens with one attached hydrogen (secondary N) is 1. The first-order valence-corrected chi connectivity index (χ1v) is 8.49. The van der Waals surface area contributed by atoms with E-state index in [-0.39, 0.29) is 0 Å². The number of hydrogen-bond acceptors (Lipinski definition) is 3. The first-order chi connectivity index (χ1) is 9.74. The van der Waals surface area contributed by atoms with Crippen LogP contribution in [0, 0.1) is 0 Å². The van der Waals surface area contributed by atoms with E-state index < -0.39 is 0 Å². The van der Waals surface area contributed by atoms with Crippen molar-refractivity contribution in [1.82, 2.24) is 5.32 Å². The van der Waals surface area contributed by atoms with Gasteiger partial charge in [0.2, 0.25) is 0 Å². The van der Waals surface area contributed by atoms with Crippen molar-refractivity contribution in [2.45, 2.75) is 25.8 Å². The summed E-state index contributed by atoms with van der Waals surface area (Å²) in [6.07, 6.45) is 2.01. The average Bonchev–Trinajstić information content (AvgIpc) is 2.85. The number of benzene rings is 1. The Balaban J connectivity index is 2.11. The van der Waals surface area contributed by atoms with Crippen molar-refractivity contribution < 1.29 is 4.74 Å². The summed E-state index contributed by atoms with van der Waals surface area (Å²) in [5.41, 5.74) is 1.26. The van der Waals surface area contributed by atoms with Crippen molar-refractivity contribution in [3.63, 3.8) is 0 Å². The van der Waals surface area contributed by atoms with E-state index in [2.05, 4.69) is 51.7 Å². The minimum absolute atomic E-state index is 0.422. The van der Waals surface area contributed by atoms with E-state index >= 15 is 0 Å². The topological polar surface area (TPSA) is 21.3 Å². The molecule has 1 aromatic heterocycles. The summed E-state index contributed by atoms with van der Waals surface area (Å²) in [5.74, 6) is 0.973. The zero-order valence-corrected chi connectivity index (χ0v) is 14.3. The fourth-order valence-electron chi connectivity index (χ4n) is 2.34. The van der Waals surface area contributed by atoms with Gasteiger partial charge in [0, 0.05) is 15.4 Å². The molecule has 1 unspecified atom stereocenters. The third-order valence-corrected chi connectivity index (χ3v) is 5.22. The smallest absolute Gasteiger partial charge is 0.122 e. The van der Waals surface area contributed by atoms with Crippen molar-refractivity contribution in [2.75, 3.05) is 13.7 Å². The average molecular weight is 354 g/mol. The number of hydrogen-bond donors (Lipinski definition) is 1. The molecule has 20 heavy (non-hydrogen) atoms. The van der Waals surface area contributed by atoms with Crippen LogP contribution < -0.4 is 10.1 Å². The van der Waals surface area contributed by atoms with Gasteiger partial charge in [0.1, 0.15) is 5.75 Å². The van der Waals surface area contributed by atoms with Crippen LogP contribution in [0.3, 0.4) is 0 Å². The molecule has 1 N–H and O–H groups in total. The summed E-state index contributed by atoms with van der Waals surface area (Å²) in [6, 6.07) is 10.8. The standard InChI is InChI=1S/C16H20BrNOS/c1-3-18-13(11-16-14(17)8-9-20-16)10-12-6-4-5-7-15(12)19-2/h4-9,13,18H,3,10-11H2,1-2H3. The molecule has 0 aliphatic heterocycles. The lowest BCUT2D eigenvalue weighted by atomic mass is 10.0. The molecule has 0 aliphatic rings. The molecular formula is C16H20BrNOS. The van der Waals surface area contributed by atoms with Crippen molar-refractivity contribution in [3.05, 3.63) is 50.6 Å². The van der Waals surface area contributed by atoms with Gasteiger partial charge in [0.25, 0.3) is 0 Å². The summed E-state index contributed by atoms with van der Waals surface area (Å²) >= 11 is 5.42. The van der Waals surface area contributed by atoms with Crippen LogP contribution in [-0.2, 0) is 12.8 Å². The molecule has 2 nitrogen and oxygen atoms in total. The maximum atomic E-state index is 5.45. The number of halogens is 1. The maximum absolute atomic E-state index is 5.45. The molecule has 0 saturated carbocycles. The van der Waals surface area contributed by atoms with Gasteiger partial charge in [-0.05, 0) is 58.4 Å². The molecule has 1 heterocycles. The van der Waals surface area contributed by atoms with Crippen LogP contribution >= 0.6 is 27.3 Å². The van der Waals surface area contributed by atoms with Crippen molar-refractivity contribution in [3.8, 4) is 5.75 Å². The highest BCUT2D eigenvalue weighted by Crippen LogP contribution is 2.26. The van der Waals surface area contributed by atoms with E-state index in [0.717, 1.165) is 25.1 Å². The second kappa shape index (κ2) is 7.81. The molecule has 2 aromatic rings. The number of ether oxygens (including phenoxy) is 1. The highest BCUT2D eigenvalue weighted by molar-refractivity contribution is 9.10. The lowest BCUT2D eigenvalue weighted by molar-refractivity contribution is 0.405. The van der Waals surface area contributed by atoms with Gasteiger partial charge in [-0.25, -0.2) is 0 Å². The fraction of sp³-hybridized carbons (Fsp3) is 0.375. The predicted molar refractivity (Wildman–Crippen MR) is 89.9 cm³/mol. The molecule has 108 valence electrons. The van der Waals surface area contributed by atoms with Gasteiger partial charge in [-0.2, -0.15) is 0 Å². The monoisotopic (exact) mass is 353 g/mol. The van der Waals surface area contributed by atoms with Crippen molar-refractivity contribution in [2.24, 2.45) is 0 Å². The van der Waals surface area contributed by atoms with Crippen LogP contribution in [0.1, 0.15) is 17.4 Å². The Morgan fingerprint density at radius 3 is 2.70 bits per heavy atom. The van der Waals surface area contributed by atoms with E-state index in [0.29, 0.717) is 6.04 Å². The summed E-state index contributed by atoms with van der Waals surface area (Å²) in [7, 11) is 1.73. The molecule has 0 amide bonds. The van der Waals surface area contributed by atoms with Crippen LogP contribution in [0.2, 0.25) is 0 Å². The molecule has 4 heteroatoms. The minimum atomic E-state index is 0.422. The molecule has 0 spiro atoms. The Labute approximate surface area is 133 Å². The van der Waals surface area contributed by atoms with E-state index in [1.807, 2.05) is 12.1 Å². The fourth-order valence-corrected chi connectivity index (χ4v) is 3.93. The molecule has 1 aromatic carbocycles. The Hall–Kier alpha value is -0.840. The molecule has 0 saturated heterocycles. The number of thiophene rings is 1. The van der Waals surface area contributed by atoms with Gasteiger partial charge >= 0.3 is 0 Å². The molecule has 1 atom stereocenters. The van der Waals surface area contributed by atoms with Crippen LogP contribution in [0.15, 0.2) is 40.2 Å². The Bertz CT molecular complexity index is 541. The van der Waals surface area contributed by atoms with Crippen LogP contribution in [-0.4, -0.2) is 19.7 Å². The number of para-hydroxylation sites is 1. The zero-order valence-electron chi connectivity index (χ0n) is 11.9. The predicted octanol–water partition coefficient (Wildman–Crippen LogP) is 4.28. The lowest BCUT2D eigenvalue weighted by Crippen LogP contribution is -2.33. The minimum Gasteiger partial charge on any atom is -0.496 e. The maximum Gasteiger partial charge on any atom is 0.122 e. The van der Waals surface area contributed by atoms with Crippen LogP contribution in [0.25, 0.3) is 0 Å². The van der Waals surface area contributed by atoms with Crippen molar-refractivity contribution in [1.29, 1.82) is 0 Å². The molecule has 0 bridgehead atoms. The first kappa shape index (κ1) is 15.5. The second-order valence-corrected chi connectivity index (χ2v) is 6.52. The number of rotatable bonds is 7. The molecule has 2 rings (SSSR count). The van der Waals surface area contributed by atoms with E-state index in [1.54, 1.807) is 18.4 Å². The second-order valence-electron chi connectivity index (χ2n) is 4.67. The quantitative estimate of drug-likeness (QED) is 0.801. The van der Waals surface area contributed by atoms with Gasteiger partial charge in [0.15, 0.2) is 0 Å². The third-order valence-electron chi connectivity index (χ3n) is 3.27. The summed E-state index contributed by atoms with van der Waals surface area (Å²) < 4.78 is 6.66. The van der Waals surface area contributed by atoms with Gasteiger partial charge in [-0.15, -0.1) is 11.3 Å². The normalized spacial score (nSPS) is 12.3. The Morgan fingerprint density at radius 1 is 1.25 bits per heavy atom. The van der Waals surface area contributed by atoms with Crippen LogP contribution in [0.5, 0.6) is 5.75 Å². The Morgan fingerprint density at radius 2 is 2.05 bits per heavy atom. The van der Waals surface area contributed by atoms with Crippen molar-refractivity contribution >= 4 is 27.3 Å². The largest absolute Gasteiger partial charge is 0.496 e. The highest BCUT2D eigenvalue weighted by Gasteiger charge is 2.14. The highest BCUT2D eigenvalue weighted by atomic mass is 79.9. The molecule has 0 aliphatic carbocycles. The number of likely N-dealkylation sites (N-methyl/N-ethyl adjacent to an activating group) is 1. The van der Waals surface area contributed by atoms with Gasteiger partial charge < -0.3 is 10.1 Å². The molecule has 0 fully saturated rings. The summed E-state index contributed by atoms with van der Waals surface area (Å²) in [4.78, 5) is 1.39. The molecular weight excluding hydrogens is 334 g/mol. The third kappa shape index (κ3) is 4.08. The summed E-state index contributed by atoms with van der Waals surface area (Å²) in [5, 5.41) is 5.71. The van der Waals surface area contributed by atoms with Crippen LogP contribution in [0.4, 0.5) is 0 Å². The zero-order chi connectivity index (χ0) is 14.4. The van der Waals surface area contributed by atoms with Gasteiger partial charge in [-0.1, -0.05) is 25.1 Å². The van der Waals surface area contributed by atoms with E-state index in [9.17, 15) is 0 Å². The molecule has 0 radical (unpaired) electrons. The SMILES string of the molecule is CCNC(Cc1ccccc1OC)Cc1sccc1Br. The van der Waals surface area contributed by atoms with E-state index in [1.165, 1.54) is 14.9 Å². The van der Waals surface area contributed by atoms with E-state index in [4.69, 9.17) is 4.74 Å². The number of methoxy groups -OCH3 is 1. The first-order valence-electron chi connectivity index (χ1n) is 6.81. The van der Waals surface area contributed by atoms with Gasteiger partial charge in [0.05, 0.1) is 7.11 Å². The summed E-state index contributed by atoms with van der Waals surface area (Å²) in [6.45, 7) is 3.13. The van der Waals surface area contributed by atoms with Gasteiger partial charge in [-0.3, -0.25) is 0 Å².